The highest BCUT2D eigenvalue weighted by molar-refractivity contribution is 8.14. The Kier molecular flexibility index (Phi) is 3.77. The lowest BCUT2D eigenvalue weighted by atomic mass is 9.97. The summed E-state index contributed by atoms with van der Waals surface area (Å²) in [7, 11) is 1.59. The Morgan fingerprint density at radius 1 is 1.56 bits per heavy atom. The summed E-state index contributed by atoms with van der Waals surface area (Å²) in [6.45, 7) is 0. The number of hydrogen-bond acceptors (Lipinski definition) is 6. The van der Waals surface area contributed by atoms with E-state index < -0.39 is 42.4 Å². The Balaban J connectivity index is 2.08. The molecule has 0 unspecified atom stereocenters. The third-order valence-corrected chi connectivity index (χ3v) is 3.93. The number of ether oxygens (including phenoxy) is 1. The molecule has 18 heavy (non-hydrogen) atoms. The lowest BCUT2D eigenvalue weighted by Crippen LogP contribution is -2.54. The Morgan fingerprint density at radius 2 is 2.22 bits per heavy atom. The number of nitrogens with one attached hydrogen (secondary N) is 1. The molecule has 2 rings (SSSR count). The maximum absolute atomic E-state index is 13.9. The first-order chi connectivity index (χ1) is 8.31. The van der Waals surface area contributed by atoms with Crippen LogP contribution in [0.1, 0.15) is 6.42 Å². The number of aliphatic hydroxyl groups is 2. The van der Waals surface area contributed by atoms with Crippen LogP contribution in [0.5, 0.6) is 0 Å². The van der Waals surface area contributed by atoms with Crippen molar-refractivity contribution in [3.63, 3.8) is 0 Å². The van der Waals surface area contributed by atoms with E-state index >= 15 is 0 Å². The van der Waals surface area contributed by atoms with Crippen molar-refractivity contribution in [2.24, 2.45) is 4.99 Å². The Hall–Kier alpha value is -0.510. The van der Waals surface area contributed by atoms with Gasteiger partial charge in [-0.25, -0.2) is 4.39 Å². The molecule has 0 spiro atoms. The quantitative estimate of drug-likeness (QED) is 0.670. The summed E-state index contributed by atoms with van der Waals surface area (Å²) in [5.41, 5.74) is -0.766. The van der Waals surface area contributed by atoms with Gasteiger partial charge in [-0.05, 0) is 0 Å². The van der Waals surface area contributed by atoms with Crippen LogP contribution >= 0.6 is 11.8 Å². The van der Waals surface area contributed by atoms with Crippen molar-refractivity contribution in [1.82, 2.24) is 5.32 Å². The molecule has 3 N–H and O–H groups in total. The van der Waals surface area contributed by atoms with Gasteiger partial charge in [-0.2, -0.15) is 8.78 Å². The van der Waals surface area contributed by atoms with Crippen LogP contribution in [0.25, 0.3) is 0 Å². The van der Waals surface area contributed by atoms with Crippen molar-refractivity contribution in [2.45, 2.75) is 42.4 Å². The zero-order chi connectivity index (χ0) is 13.5. The molecule has 0 amide bonds. The smallest absolute Gasteiger partial charge is 0.355 e. The van der Waals surface area contributed by atoms with Gasteiger partial charge in [0, 0.05) is 7.05 Å². The molecule has 0 aromatic heterocycles. The maximum atomic E-state index is 13.9. The average molecular weight is 286 g/mol. The lowest BCUT2D eigenvalue weighted by Gasteiger charge is -2.37. The van der Waals surface area contributed by atoms with Gasteiger partial charge in [-0.15, -0.1) is 0 Å². The van der Waals surface area contributed by atoms with E-state index in [1.807, 2.05) is 0 Å². The summed E-state index contributed by atoms with van der Waals surface area (Å²) in [5, 5.41) is 21.1. The van der Waals surface area contributed by atoms with Crippen LogP contribution in [-0.4, -0.2) is 58.4 Å². The normalized spacial score (nSPS) is 40.3. The molecule has 5 atom stereocenters. The van der Waals surface area contributed by atoms with Crippen molar-refractivity contribution in [1.29, 1.82) is 0 Å². The van der Waals surface area contributed by atoms with E-state index in [-0.39, 0.29) is 0 Å². The minimum absolute atomic E-state index is 0.427. The van der Waals surface area contributed by atoms with Gasteiger partial charge in [0.2, 0.25) is 0 Å². The highest BCUT2D eigenvalue weighted by atomic mass is 32.2. The van der Waals surface area contributed by atoms with Crippen LogP contribution in [0.15, 0.2) is 4.99 Å². The van der Waals surface area contributed by atoms with Crippen molar-refractivity contribution >= 4 is 16.9 Å². The van der Waals surface area contributed by atoms with Gasteiger partial charge >= 0.3 is 6.11 Å². The van der Waals surface area contributed by atoms with Crippen LogP contribution in [0.4, 0.5) is 13.2 Å². The molecule has 0 bridgehead atoms. The lowest BCUT2D eigenvalue weighted by molar-refractivity contribution is -0.241. The van der Waals surface area contributed by atoms with Crippen LogP contribution < -0.4 is 5.32 Å². The molecule has 9 heteroatoms. The third kappa shape index (κ3) is 2.73. The van der Waals surface area contributed by atoms with Gasteiger partial charge in [0.05, 0.1) is 12.5 Å². The molecule has 1 fully saturated rings. The monoisotopic (exact) mass is 286 g/mol. The van der Waals surface area contributed by atoms with Crippen molar-refractivity contribution < 1.29 is 28.1 Å². The van der Waals surface area contributed by atoms with Gasteiger partial charge in [-0.3, -0.25) is 4.99 Å². The van der Waals surface area contributed by atoms with Gasteiger partial charge in [-0.1, -0.05) is 11.8 Å². The molecule has 2 aliphatic heterocycles. The minimum atomic E-state index is -4.01. The predicted octanol–water partition coefficient (Wildman–Crippen LogP) is 0.0763. The van der Waals surface area contributed by atoms with E-state index in [0.717, 1.165) is 11.8 Å². The fourth-order valence-electron chi connectivity index (χ4n) is 1.93. The second-order valence-electron chi connectivity index (χ2n) is 4.14. The fraction of sp³-hybridized carbons (Fsp3) is 0.889. The van der Waals surface area contributed by atoms with E-state index in [2.05, 4.69) is 10.3 Å². The standard InChI is InChI=1S/C9H13F3N2O3S/c1-13-8-14-5-4(10)6(15)3(2-9(11,12)16)17-7(5)18-8/h3-7,15-16H,2H2,1H3,(H,13,14)/t3-,4-,5+,6+,7+/m0/s1. The number of fused-ring (bicyclic) bond motifs is 1. The number of halogens is 3. The summed E-state index contributed by atoms with van der Waals surface area (Å²) in [4.78, 5) is 3.95. The number of thioether (sulfide) groups is 1. The molecular formula is C9H13F3N2O3S. The van der Waals surface area contributed by atoms with Crippen molar-refractivity contribution in [3.8, 4) is 0 Å². The summed E-state index contributed by atoms with van der Waals surface area (Å²) in [5.74, 6) is 0. The number of aliphatic hydroxyl groups excluding tert-OH is 1. The average Bonchev–Trinajstić information content (AvgIpc) is 2.67. The molecule has 0 aromatic carbocycles. The number of amidine groups is 1. The highest BCUT2D eigenvalue weighted by Crippen LogP contribution is 2.39. The number of alkyl halides is 3. The first-order valence-corrected chi connectivity index (χ1v) is 6.20. The van der Waals surface area contributed by atoms with Crippen LogP contribution in [0.3, 0.4) is 0 Å². The highest BCUT2D eigenvalue weighted by Gasteiger charge is 2.51. The van der Waals surface area contributed by atoms with E-state index in [4.69, 9.17) is 9.84 Å². The van der Waals surface area contributed by atoms with Crippen LogP contribution in [0, 0.1) is 0 Å². The Morgan fingerprint density at radius 3 is 2.78 bits per heavy atom. The van der Waals surface area contributed by atoms with Gasteiger partial charge in [0.25, 0.3) is 0 Å². The largest absolute Gasteiger partial charge is 0.387 e. The summed E-state index contributed by atoms with van der Waals surface area (Å²) >= 11 is 1.07. The second-order valence-corrected chi connectivity index (χ2v) is 5.23. The zero-order valence-corrected chi connectivity index (χ0v) is 10.2. The molecule has 2 heterocycles. The van der Waals surface area contributed by atoms with Crippen molar-refractivity contribution in [3.05, 3.63) is 0 Å². The zero-order valence-electron chi connectivity index (χ0n) is 9.39. The van der Waals surface area contributed by atoms with Crippen molar-refractivity contribution in [2.75, 3.05) is 7.05 Å². The first kappa shape index (κ1) is 13.9. The SMILES string of the molecule is CNC1=N[C@@H]2[C@H](F)[C@H](O)[C@H](CC(O)(F)F)O[C@@H]2S1. The summed E-state index contributed by atoms with van der Waals surface area (Å²) in [6.07, 6.45) is -10.1. The molecular weight excluding hydrogens is 273 g/mol. The molecule has 5 nitrogen and oxygen atoms in total. The minimum Gasteiger partial charge on any atom is -0.387 e. The van der Waals surface area contributed by atoms with Gasteiger partial charge < -0.3 is 20.3 Å². The number of nitrogens with zero attached hydrogens (tertiary/aromatic N) is 1. The molecule has 1 saturated heterocycles. The van der Waals surface area contributed by atoms with E-state index in [1.165, 1.54) is 0 Å². The number of aliphatic imine (C=N–C) groups is 1. The molecule has 0 aromatic rings. The van der Waals surface area contributed by atoms with Gasteiger partial charge in [0.15, 0.2) is 11.3 Å². The van der Waals surface area contributed by atoms with E-state index in [9.17, 15) is 18.3 Å². The summed E-state index contributed by atoms with van der Waals surface area (Å²) < 4.78 is 44.0. The molecule has 0 saturated carbocycles. The molecule has 0 aliphatic carbocycles. The van der Waals surface area contributed by atoms with Crippen LogP contribution in [-0.2, 0) is 4.74 Å². The van der Waals surface area contributed by atoms with E-state index in [0.29, 0.717) is 5.17 Å². The predicted molar refractivity (Wildman–Crippen MR) is 59.2 cm³/mol. The summed E-state index contributed by atoms with van der Waals surface area (Å²) in [6, 6.07) is -0.920. The fourth-order valence-corrected chi connectivity index (χ4v) is 3.00. The third-order valence-electron chi connectivity index (χ3n) is 2.78. The van der Waals surface area contributed by atoms with E-state index in [1.54, 1.807) is 7.05 Å². The molecule has 2 aliphatic rings. The van der Waals surface area contributed by atoms with Gasteiger partial charge in [0.1, 0.15) is 17.6 Å². The molecule has 104 valence electrons. The van der Waals surface area contributed by atoms with Crippen LogP contribution in [0.2, 0.25) is 0 Å². The molecule has 0 radical (unpaired) electrons. The number of hydrogen-bond donors (Lipinski definition) is 3. The number of rotatable bonds is 2. The second kappa shape index (κ2) is 4.87. The Labute approximate surface area is 105 Å². The maximum Gasteiger partial charge on any atom is 0.355 e. The first-order valence-electron chi connectivity index (χ1n) is 5.32. The Bertz CT molecular complexity index is 352. The topological polar surface area (TPSA) is 74.1 Å².